The molecule has 1 amide bonds. The molecule has 1 aromatic carbocycles. The number of benzene rings is 1. The van der Waals surface area contributed by atoms with Gasteiger partial charge in [0.1, 0.15) is 0 Å². The summed E-state index contributed by atoms with van der Waals surface area (Å²) < 4.78 is 5.61. The van der Waals surface area contributed by atoms with Gasteiger partial charge in [0.15, 0.2) is 0 Å². The fourth-order valence-electron chi connectivity index (χ4n) is 1.36. The highest BCUT2D eigenvalue weighted by Crippen LogP contribution is 2.18. The van der Waals surface area contributed by atoms with Crippen LogP contribution in [0.4, 0.5) is 0 Å². The average molecular weight is 312 g/mol. The highest BCUT2D eigenvalue weighted by Gasteiger charge is 2.08. The zero-order chi connectivity index (χ0) is 13.5. The molecule has 1 aromatic rings. The first kappa shape index (κ1) is 14.4. The zero-order valence-corrected chi connectivity index (χ0v) is 11.8. The molecular formula is C13H14BrNO3. The SMILES string of the molecule is CCOC(=O)/C=C/c1cc(Br)ccc1C(=O)NC. The van der Waals surface area contributed by atoms with Crippen LogP contribution >= 0.6 is 15.9 Å². The molecule has 0 fully saturated rings. The van der Waals surface area contributed by atoms with Gasteiger partial charge in [-0.1, -0.05) is 15.9 Å². The quantitative estimate of drug-likeness (QED) is 0.686. The molecule has 0 aliphatic heterocycles. The number of hydrogen-bond donors (Lipinski definition) is 1. The molecule has 0 aliphatic rings. The monoisotopic (exact) mass is 311 g/mol. The van der Waals surface area contributed by atoms with Gasteiger partial charge < -0.3 is 10.1 Å². The summed E-state index contributed by atoms with van der Waals surface area (Å²) >= 11 is 3.32. The third-order valence-corrected chi connectivity index (χ3v) is 2.66. The second kappa shape index (κ2) is 6.96. The summed E-state index contributed by atoms with van der Waals surface area (Å²) in [5.41, 5.74) is 1.15. The number of nitrogens with one attached hydrogen (secondary N) is 1. The van der Waals surface area contributed by atoms with Crippen LogP contribution in [0.2, 0.25) is 0 Å². The largest absolute Gasteiger partial charge is 0.463 e. The van der Waals surface area contributed by atoms with Crippen molar-refractivity contribution in [2.24, 2.45) is 0 Å². The average Bonchev–Trinajstić information content (AvgIpc) is 2.36. The summed E-state index contributed by atoms with van der Waals surface area (Å²) in [7, 11) is 1.56. The van der Waals surface area contributed by atoms with E-state index in [0.29, 0.717) is 17.7 Å². The van der Waals surface area contributed by atoms with E-state index in [4.69, 9.17) is 4.74 Å². The van der Waals surface area contributed by atoms with Crippen LogP contribution in [0.25, 0.3) is 6.08 Å². The molecule has 0 saturated heterocycles. The molecule has 0 saturated carbocycles. The smallest absolute Gasteiger partial charge is 0.330 e. The fraction of sp³-hybridized carbons (Fsp3) is 0.231. The Kier molecular flexibility index (Phi) is 5.58. The minimum atomic E-state index is -0.430. The normalized spacial score (nSPS) is 10.4. The third kappa shape index (κ3) is 4.00. The van der Waals surface area contributed by atoms with Crippen molar-refractivity contribution in [1.29, 1.82) is 0 Å². The van der Waals surface area contributed by atoms with E-state index in [1.54, 1.807) is 38.2 Å². The van der Waals surface area contributed by atoms with Gasteiger partial charge in [-0.25, -0.2) is 4.79 Å². The predicted octanol–water partition coefficient (Wildman–Crippen LogP) is 2.39. The predicted molar refractivity (Wildman–Crippen MR) is 73.2 cm³/mol. The zero-order valence-electron chi connectivity index (χ0n) is 10.2. The number of ether oxygens (including phenoxy) is 1. The molecule has 18 heavy (non-hydrogen) atoms. The van der Waals surface area contributed by atoms with Crippen molar-refractivity contribution < 1.29 is 14.3 Å². The fourth-order valence-corrected chi connectivity index (χ4v) is 1.74. The van der Waals surface area contributed by atoms with Gasteiger partial charge in [-0.05, 0) is 36.8 Å². The molecule has 0 atom stereocenters. The van der Waals surface area contributed by atoms with Crippen LogP contribution in [-0.2, 0) is 9.53 Å². The van der Waals surface area contributed by atoms with Crippen LogP contribution in [0.15, 0.2) is 28.7 Å². The maximum Gasteiger partial charge on any atom is 0.330 e. The van der Waals surface area contributed by atoms with Crippen molar-refractivity contribution >= 4 is 33.9 Å². The van der Waals surface area contributed by atoms with Crippen molar-refractivity contribution in [1.82, 2.24) is 5.32 Å². The Bertz CT molecular complexity index is 483. The van der Waals surface area contributed by atoms with E-state index >= 15 is 0 Å². The molecular weight excluding hydrogens is 298 g/mol. The lowest BCUT2D eigenvalue weighted by Crippen LogP contribution is -2.18. The number of hydrogen-bond acceptors (Lipinski definition) is 3. The molecule has 0 aliphatic carbocycles. The first-order valence-corrected chi connectivity index (χ1v) is 6.24. The lowest BCUT2D eigenvalue weighted by molar-refractivity contribution is -0.137. The molecule has 0 radical (unpaired) electrons. The van der Waals surface area contributed by atoms with E-state index in [1.807, 2.05) is 0 Å². The van der Waals surface area contributed by atoms with Crippen LogP contribution in [0, 0.1) is 0 Å². The molecule has 1 rings (SSSR count). The number of amides is 1. The summed E-state index contributed by atoms with van der Waals surface area (Å²) in [5, 5.41) is 2.55. The summed E-state index contributed by atoms with van der Waals surface area (Å²) in [6.45, 7) is 2.06. The number of esters is 1. The third-order valence-electron chi connectivity index (χ3n) is 2.17. The van der Waals surface area contributed by atoms with Crippen LogP contribution in [0.1, 0.15) is 22.8 Å². The molecule has 0 heterocycles. The summed E-state index contributed by atoms with van der Waals surface area (Å²) in [6, 6.07) is 5.22. The van der Waals surface area contributed by atoms with Crippen molar-refractivity contribution in [3.63, 3.8) is 0 Å². The summed E-state index contributed by atoms with van der Waals surface area (Å²) in [4.78, 5) is 22.9. The van der Waals surface area contributed by atoms with Gasteiger partial charge in [-0.15, -0.1) is 0 Å². The number of carbonyl (C=O) groups excluding carboxylic acids is 2. The molecule has 0 aromatic heterocycles. The van der Waals surface area contributed by atoms with Crippen molar-refractivity contribution in [2.45, 2.75) is 6.92 Å². The second-order valence-electron chi connectivity index (χ2n) is 3.40. The first-order chi connectivity index (χ1) is 8.58. The minimum Gasteiger partial charge on any atom is -0.463 e. The minimum absolute atomic E-state index is 0.203. The van der Waals surface area contributed by atoms with E-state index < -0.39 is 5.97 Å². The van der Waals surface area contributed by atoms with Crippen molar-refractivity contribution in [3.05, 3.63) is 39.9 Å². The molecule has 0 unspecified atom stereocenters. The van der Waals surface area contributed by atoms with Crippen LogP contribution in [0.3, 0.4) is 0 Å². The topological polar surface area (TPSA) is 55.4 Å². The van der Waals surface area contributed by atoms with E-state index in [0.717, 1.165) is 4.47 Å². The lowest BCUT2D eigenvalue weighted by Gasteiger charge is -2.05. The molecule has 5 heteroatoms. The highest BCUT2D eigenvalue weighted by molar-refractivity contribution is 9.10. The second-order valence-corrected chi connectivity index (χ2v) is 4.31. The number of halogens is 1. The Labute approximate surface area is 114 Å². The Morgan fingerprint density at radius 3 is 2.78 bits per heavy atom. The van der Waals surface area contributed by atoms with Crippen molar-refractivity contribution in [2.75, 3.05) is 13.7 Å². The molecule has 96 valence electrons. The highest BCUT2D eigenvalue weighted by atomic mass is 79.9. The van der Waals surface area contributed by atoms with Gasteiger partial charge in [0.25, 0.3) is 5.91 Å². The van der Waals surface area contributed by atoms with Crippen molar-refractivity contribution in [3.8, 4) is 0 Å². The van der Waals surface area contributed by atoms with E-state index in [2.05, 4.69) is 21.2 Å². The molecule has 4 nitrogen and oxygen atoms in total. The van der Waals surface area contributed by atoms with Gasteiger partial charge in [0.2, 0.25) is 0 Å². The Balaban J connectivity index is 3.02. The number of carbonyl (C=O) groups is 2. The van der Waals surface area contributed by atoms with E-state index in [9.17, 15) is 9.59 Å². The van der Waals surface area contributed by atoms with E-state index in [-0.39, 0.29) is 5.91 Å². The van der Waals surface area contributed by atoms with Gasteiger partial charge >= 0.3 is 5.97 Å². The number of rotatable bonds is 4. The van der Waals surface area contributed by atoms with E-state index in [1.165, 1.54) is 6.08 Å². The maximum atomic E-state index is 11.6. The van der Waals surface area contributed by atoms with Crippen LogP contribution in [0.5, 0.6) is 0 Å². The maximum absolute atomic E-state index is 11.6. The van der Waals surface area contributed by atoms with Gasteiger partial charge in [0, 0.05) is 23.2 Å². The molecule has 0 bridgehead atoms. The van der Waals surface area contributed by atoms with Crippen LogP contribution in [-0.4, -0.2) is 25.5 Å². The summed E-state index contributed by atoms with van der Waals surface area (Å²) in [6.07, 6.45) is 2.87. The first-order valence-electron chi connectivity index (χ1n) is 5.45. The Hall–Kier alpha value is -1.62. The summed E-state index contributed by atoms with van der Waals surface area (Å²) in [5.74, 6) is -0.633. The van der Waals surface area contributed by atoms with Crippen LogP contribution < -0.4 is 5.32 Å². The Morgan fingerprint density at radius 1 is 1.44 bits per heavy atom. The van der Waals surface area contributed by atoms with Gasteiger partial charge in [0.05, 0.1) is 6.61 Å². The lowest BCUT2D eigenvalue weighted by atomic mass is 10.1. The molecule has 0 spiro atoms. The van der Waals surface area contributed by atoms with Gasteiger partial charge in [-0.3, -0.25) is 4.79 Å². The van der Waals surface area contributed by atoms with Gasteiger partial charge in [-0.2, -0.15) is 0 Å². The molecule has 1 N–H and O–H groups in total. The standard InChI is InChI=1S/C13H14BrNO3/c1-3-18-12(16)7-4-9-8-10(14)5-6-11(9)13(17)15-2/h4-8H,3H2,1-2H3,(H,15,17)/b7-4+. The Morgan fingerprint density at radius 2 is 2.17 bits per heavy atom.